The first-order chi connectivity index (χ1) is 32.5. The third-order valence-corrected chi connectivity index (χ3v) is 12.4. The van der Waals surface area contributed by atoms with E-state index in [4.69, 9.17) is 18.9 Å². The van der Waals surface area contributed by atoms with Gasteiger partial charge in [-0.1, -0.05) is 82.3 Å². The molecule has 4 unspecified atom stereocenters. The van der Waals surface area contributed by atoms with E-state index in [9.17, 15) is 14.8 Å². The van der Waals surface area contributed by atoms with Crippen LogP contribution in [0.1, 0.15) is 99.2 Å². The number of esters is 2. The summed E-state index contributed by atoms with van der Waals surface area (Å²) in [5, 5.41) is 14.7. The molecule has 0 aliphatic carbocycles. The molecule has 0 spiro atoms. The summed E-state index contributed by atoms with van der Waals surface area (Å²) in [5.74, 6) is -0.215. The molecule has 2 aliphatic rings. The van der Waals surface area contributed by atoms with Crippen molar-refractivity contribution in [1.29, 1.82) is 0 Å². The van der Waals surface area contributed by atoms with Crippen LogP contribution in [0.4, 0.5) is 0 Å². The van der Waals surface area contributed by atoms with Crippen molar-refractivity contribution in [3.63, 3.8) is 0 Å². The maximum Gasteiger partial charge on any atom is 0.352 e. The van der Waals surface area contributed by atoms with Gasteiger partial charge in [0, 0.05) is 52.6 Å². The molecule has 11 nitrogen and oxygen atoms in total. The first kappa shape index (κ1) is 44.8. The molecule has 0 bridgehead atoms. The second-order valence-corrected chi connectivity index (χ2v) is 17.4. The van der Waals surface area contributed by atoms with Gasteiger partial charge in [0.25, 0.3) is 5.60 Å². The summed E-state index contributed by atoms with van der Waals surface area (Å²) in [5.41, 5.74) is 8.26. The highest BCUT2D eigenvalue weighted by Crippen LogP contribution is 2.58. The van der Waals surface area contributed by atoms with Gasteiger partial charge in [-0.15, -0.1) is 0 Å². The minimum atomic E-state index is -1.46. The smallest absolute Gasteiger partial charge is 0.352 e. The number of rotatable bonds is 12. The number of nitrogens with zero attached hydrogens (tertiary/aromatic N) is 4. The minimum Gasteiger partial charge on any atom is -0.618 e. The average Bonchev–Trinajstić information content (AvgIpc) is 4.29. The molecule has 10 rings (SSSR count). The molecular weight excluding hydrogens is 841 g/mol. The zero-order valence-electron chi connectivity index (χ0n) is 38.4. The van der Waals surface area contributed by atoms with E-state index in [0.717, 1.165) is 55.2 Å². The Labute approximate surface area is 390 Å². The summed E-state index contributed by atoms with van der Waals surface area (Å²) in [6.45, 7) is 12.7. The SMILES string of the molecule is CCOC(=O)C1(c2cccc[n+]2[O-])OC1c1cccc(-c2cc(C(C)C)cc3cccnc23)c1.CCOC(=O)C1(c2ccccn2)OC1c1cccc(-c2cc(C(C)C)cc3cccnc23)c1. The standard InChI is InChI=1S/C28H26N2O4.C28H26N2O3/c1-4-33-27(31)28(24-12-5-6-14-30(24)32)26(34-28)21-10-7-9-19(15-21)23-17-22(18(2)3)16-20-11-8-13-29-25(20)23;1-4-32-27(31)28(24-12-5-6-13-29-24)26(33-28)21-10-7-9-19(15-21)23-17-22(18(2)3)16-20-11-8-14-30-25(20)23/h5-18,26H,4H2,1-3H3;5-18,26H,4H2,1-3H3. The number of aromatic nitrogens is 4. The van der Waals surface area contributed by atoms with Crippen LogP contribution in [0.25, 0.3) is 44.1 Å². The number of hydrogen-bond donors (Lipinski definition) is 0. The number of ether oxygens (including phenoxy) is 4. The van der Waals surface area contributed by atoms with E-state index < -0.39 is 35.3 Å². The van der Waals surface area contributed by atoms with E-state index in [2.05, 4.69) is 91.2 Å². The van der Waals surface area contributed by atoms with E-state index in [1.807, 2.05) is 72.9 Å². The molecule has 338 valence electrons. The van der Waals surface area contributed by atoms with Crippen molar-refractivity contribution in [2.45, 2.75) is 76.8 Å². The van der Waals surface area contributed by atoms with Gasteiger partial charge in [0.2, 0.25) is 11.3 Å². The van der Waals surface area contributed by atoms with Crippen molar-refractivity contribution in [2.24, 2.45) is 0 Å². The largest absolute Gasteiger partial charge is 0.618 e. The number of hydrogen-bond acceptors (Lipinski definition) is 10. The van der Waals surface area contributed by atoms with Crippen LogP contribution >= 0.6 is 0 Å². The molecule has 0 radical (unpaired) electrons. The number of fused-ring (bicyclic) bond motifs is 2. The predicted molar refractivity (Wildman–Crippen MR) is 256 cm³/mol. The summed E-state index contributed by atoms with van der Waals surface area (Å²) in [6.07, 6.45) is 5.56. The van der Waals surface area contributed by atoms with E-state index in [0.29, 0.717) is 22.3 Å². The van der Waals surface area contributed by atoms with Crippen molar-refractivity contribution in [3.05, 3.63) is 197 Å². The van der Waals surface area contributed by atoms with Gasteiger partial charge < -0.3 is 24.2 Å². The van der Waals surface area contributed by atoms with Crippen molar-refractivity contribution in [2.75, 3.05) is 13.2 Å². The molecule has 2 aliphatic heterocycles. The molecule has 6 heterocycles. The number of epoxide rings is 2. The lowest BCUT2D eigenvalue weighted by molar-refractivity contribution is -0.617. The molecule has 0 saturated carbocycles. The van der Waals surface area contributed by atoms with Crippen LogP contribution in [0, 0.1) is 5.21 Å². The van der Waals surface area contributed by atoms with Gasteiger partial charge in [-0.25, -0.2) is 9.59 Å². The number of benzene rings is 4. The Morgan fingerprint density at radius 3 is 1.61 bits per heavy atom. The maximum atomic E-state index is 13.0. The zero-order chi connectivity index (χ0) is 46.9. The predicted octanol–water partition coefficient (Wildman–Crippen LogP) is 11.1. The maximum absolute atomic E-state index is 13.0. The van der Waals surface area contributed by atoms with Crippen LogP contribution in [-0.4, -0.2) is 40.1 Å². The van der Waals surface area contributed by atoms with Gasteiger partial charge in [0.1, 0.15) is 12.2 Å². The number of pyridine rings is 4. The van der Waals surface area contributed by atoms with Crippen molar-refractivity contribution in [1.82, 2.24) is 15.0 Å². The quantitative estimate of drug-likeness (QED) is 0.0503. The lowest BCUT2D eigenvalue weighted by Gasteiger charge is -2.14. The summed E-state index contributed by atoms with van der Waals surface area (Å²) in [4.78, 5) is 39.7. The molecule has 2 fully saturated rings. The fourth-order valence-corrected chi connectivity index (χ4v) is 8.87. The lowest BCUT2D eigenvalue weighted by Crippen LogP contribution is -2.40. The Bertz CT molecular complexity index is 3120. The van der Waals surface area contributed by atoms with E-state index >= 15 is 0 Å². The van der Waals surface area contributed by atoms with Crippen molar-refractivity contribution in [3.8, 4) is 22.3 Å². The third-order valence-electron chi connectivity index (χ3n) is 12.4. The molecule has 4 atom stereocenters. The van der Waals surface area contributed by atoms with Gasteiger partial charge in [-0.2, -0.15) is 4.73 Å². The molecule has 8 aromatic rings. The van der Waals surface area contributed by atoms with E-state index in [1.54, 1.807) is 44.4 Å². The fourth-order valence-electron chi connectivity index (χ4n) is 8.87. The minimum absolute atomic E-state index is 0.196. The third kappa shape index (κ3) is 8.41. The van der Waals surface area contributed by atoms with Crippen LogP contribution in [0.3, 0.4) is 0 Å². The lowest BCUT2D eigenvalue weighted by atomic mass is 9.91. The van der Waals surface area contributed by atoms with E-state index in [1.165, 1.54) is 17.3 Å². The molecule has 2 saturated heterocycles. The monoisotopic (exact) mass is 892 g/mol. The summed E-state index contributed by atoms with van der Waals surface area (Å²) >= 11 is 0. The zero-order valence-corrected chi connectivity index (χ0v) is 38.4. The molecule has 0 amide bonds. The second kappa shape index (κ2) is 18.5. The van der Waals surface area contributed by atoms with Gasteiger partial charge in [0.15, 0.2) is 6.20 Å². The van der Waals surface area contributed by atoms with Gasteiger partial charge in [0.05, 0.1) is 29.9 Å². The van der Waals surface area contributed by atoms with Crippen LogP contribution < -0.4 is 4.73 Å². The summed E-state index contributed by atoms with van der Waals surface area (Å²) < 4.78 is 23.4. The summed E-state index contributed by atoms with van der Waals surface area (Å²) in [7, 11) is 0. The normalized spacial score (nSPS) is 19.5. The average molecular weight is 893 g/mol. The van der Waals surface area contributed by atoms with E-state index in [-0.39, 0.29) is 18.9 Å². The molecule has 4 aromatic heterocycles. The Hall–Kier alpha value is -7.34. The van der Waals surface area contributed by atoms with Crippen LogP contribution in [-0.2, 0) is 39.7 Å². The fraction of sp³-hybridized carbons (Fsp3) is 0.250. The Balaban J connectivity index is 0.000000168. The molecule has 0 N–H and O–H groups in total. The Morgan fingerprint density at radius 2 is 1.10 bits per heavy atom. The first-order valence-electron chi connectivity index (χ1n) is 22.8. The Morgan fingerprint density at radius 1 is 0.597 bits per heavy atom. The van der Waals surface area contributed by atoms with Crippen LogP contribution in [0.5, 0.6) is 0 Å². The molecule has 4 aromatic carbocycles. The van der Waals surface area contributed by atoms with Gasteiger partial charge in [-0.05, 0) is 126 Å². The summed E-state index contributed by atoms with van der Waals surface area (Å²) in [6, 6.07) is 43.3. The van der Waals surface area contributed by atoms with Crippen molar-refractivity contribution < 1.29 is 33.3 Å². The highest BCUT2D eigenvalue weighted by molar-refractivity contribution is 5.96. The highest BCUT2D eigenvalue weighted by Gasteiger charge is 2.71. The topological polar surface area (TPSA) is 143 Å². The highest BCUT2D eigenvalue weighted by atomic mass is 16.7. The second-order valence-electron chi connectivity index (χ2n) is 17.4. The molecule has 11 heteroatoms. The Kier molecular flexibility index (Phi) is 12.4. The van der Waals surface area contributed by atoms with Crippen LogP contribution in [0.2, 0.25) is 0 Å². The molecule has 67 heavy (non-hydrogen) atoms. The molecular formula is C56H52N4O7. The number of carbonyl (C=O) groups is 2. The van der Waals surface area contributed by atoms with Crippen molar-refractivity contribution >= 4 is 33.7 Å². The van der Waals surface area contributed by atoms with Gasteiger partial charge >= 0.3 is 11.9 Å². The first-order valence-corrected chi connectivity index (χ1v) is 22.8. The van der Waals surface area contributed by atoms with Crippen LogP contribution in [0.15, 0.2) is 158 Å². The van der Waals surface area contributed by atoms with Gasteiger partial charge in [-0.3, -0.25) is 15.0 Å². The number of carbonyl (C=O) groups excluding carboxylic acids is 2.